The number of nitrogens with zero attached hydrogens (tertiary/aromatic N) is 1. The van der Waals surface area contributed by atoms with Crippen LogP contribution in [0.4, 0.5) is 17.1 Å². The van der Waals surface area contributed by atoms with E-state index in [0.29, 0.717) is 0 Å². The number of anilines is 3. The Morgan fingerprint density at radius 1 is 0.362 bits per heavy atom. The van der Waals surface area contributed by atoms with E-state index in [9.17, 15) is 0 Å². The number of para-hydroxylation sites is 1. The summed E-state index contributed by atoms with van der Waals surface area (Å²) in [6.45, 7) is 0. The van der Waals surface area contributed by atoms with Crippen molar-refractivity contribution in [2.24, 2.45) is 0 Å². The molecule has 0 spiro atoms. The molecule has 0 bridgehead atoms. The van der Waals surface area contributed by atoms with Gasteiger partial charge in [0, 0.05) is 68.1 Å². The lowest BCUT2D eigenvalue weighted by Crippen LogP contribution is -2.10. The average molecular weight is 776 g/mol. The van der Waals surface area contributed by atoms with E-state index in [4.69, 9.17) is 4.42 Å². The van der Waals surface area contributed by atoms with Gasteiger partial charge in [0.15, 0.2) is 0 Å². The van der Waals surface area contributed by atoms with Gasteiger partial charge < -0.3 is 9.32 Å². The summed E-state index contributed by atoms with van der Waals surface area (Å²) in [6.07, 6.45) is 0. The lowest BCUT2D eigenvalue weighted by atomic mass is 10.00. The van der Waals surface area contributed by atoms with Crippen LogP contribution in [0, 0.1) is 0 Å². The Kier molecular flexibility index (Phi) is 7.62. The third kappa shape index (κ3) is 5.30. The van der Waals surface area contributed by atoms with Gasteiger partial charge in [0.05, 0.1) is 5.69 Å². The van der Waals surface area contributed by atoms with E-state index in [1.807, 2.05) is 22.7 Å². The van der Waals surface area contributed by atoms with Crippen LogP contribution in [-0.2, 0) is 0 Å². The van der Waals surface area contributed by atoms with E-state index in [2.05, 4.69) is 205 Å². The zero-order valence-electron chi connectivity index (χ0n) is 31.2. The molecule has 0 aliphatic heterocycles. The van der Waals surface area contributed by atoms with Crippen LogP contribution in [0.1, 0.15) is 0 Å². The first kappa shape index (κ1) is 33.2. The van der Waals surface area contributed by atoms with Crippen molar-refractivity contribution in [3.05, 3.63) is 200 Å². The third-order valence-electron chi connectivity index (χ3n) is 11.5. The third-order valence-corrected chi connectivity index (χ3v) is 13.8. The number of fused-ring (bicyclic) bond motifs is 9. The molecule has 0 saturated carbocycles. The van der Waals surface area contributed by atoms with Crippen molar-refractivity contribution >= 4 is 102 Å². The van der Waals surface area contributed by atoms with Gasteiger partial charge in [-0.05, 0) is 88.5 Å². The molecule has 0 fully saturated rings. The molecule has 0 aliphatic carbocycles. The second-order valence-corrected chi connectivity index (χ2v) is 17.0. The molecule has 58 heavy (non-hydrogen) atoms. The van der Waals surface area contributed by atoms with Gasteiger partial charge in [0.1, 0.15) is 11.2 Å². The van der Waals surface area contributed by atoms with Gasteiger partial charge >= 0.3 is 0 Å². The lowest BCUT2D eigenvalue weighted by Gasteiger charge is -2.27. The Hall–Kier alpha value is -6.98. The van der Waals surface area contributed by atoms with Gasteiger partial charge in [-0.1, -0.05) is 140 Å². The first-order chi connectivity index (χ1) is 28.7. The van der Waals surface area contributed by atoms with Gasteiger partial charge in [0.2, 0.25) is 0 Å². The fourth-order valence-electron chi connectivity index (χ4n) is 8.77. The van der Waals surface area contributed by atoms with Crippen LogP contribution in [0.15, 0.2) is 205 Å². The van der Waals surface area contributed by atoms with Gasteiger partial charge in [-0.15, -0.1) is 22.7 Å². The molecule has 3 aromatic heterocycles. The minimum absolute atomic E-state index is 0.897. The zero-order valence-corrected chi connectivity index (χ0v) is 32.9. The predicted octanol–water partition coefficient (Wildman–Crippen LogP) is 16.8. The highest BCUT2D eigenvalue weighted by molar-refractivity contribution is 7.26. The molecule has 0 unspecified atom stereocenters. The molecule has 3 heterocycles. The van der Waals surface area contributed by atoms with Crippen molar-refractivity contribution in [1.29, 1.82) is 0 Å². The molecule has 0 aliphatic rings. The maximum Gasteiger partial charge on any atom is 0.143 e. The molecule has 0 saturated heterocycles. The number of furan rings is 1. The topological polar surface area (TPSA) is 16.4 Å². The first-order valence-corrected chi connectivity index (χ1v) is 21.2. The van der Waals surface area contributed by atoms with E-state index in [1.165, 1.54) is 57.2 Å². The Bertz CT molecular complexity index is 3500. The van der Waals surface area contributed by atoms with Crippen molar-refractivity contribution < 1.29 is 4.42 Å². The van der Waals surface area contributed by atoms with Crippen molar-refractivity contribution in [3.63, 3.8) is 0 Å². The standard InChI is InChI=1S/C54H33NOS2/c1-3-12-35(13-4-1)40-17-9-19-42-45-32-37(26-30-48(45)56-53(40)42)34-24-27-38(28-25-34)55(47-21-11-23-51-52(47)44-16-7-8-22-49(44)57-51)39-29-31-50-46(33-39)43-20-10-18-41(54(43)58-50)36-14-5-2-6-15-36/h1-33H. The van der Waals surface area contributed by atoms with Crippen molar-refractivity contribution in [1.82, 2.24) is 0 Å². The van der Waals surface area contributed by atoms with E-state index >= 15 is 0 Å². The molecule has 0 radical (unpaired) electrons. The van der Waals surface area contributed by atoms with Crippen LogP contribution in [0.3, 0.4) is 0 Å². The predicted molar refractivity (Wildman–Crippen MR) is 250 cm³/mol. The fourth-order valence-corrected chi connectivity index (χ4v) is 11.1. The Morgan fingerprint density at radius 2 is 1.00 bits per heavy atom. The van der Waals surface area contributed by atoms with Crippen LogP contribution in [0.25, 0.3) is 95.7 Å². The Balaban J connectivity index is 1.01. The Morgan fingerprint density at radius 3 is 1.83 bits per heavy atom. The lowest BCUT2D eigenvalue weighted by molar-refractivity contribution is 0.670. The van der Waals surface area contributed by atoms with E-state index < -0.39 is 0 Å². The highest BCUT2D eigenvalue weighted by Gasteiger charge is 2.21. The summed E-state index contributed by atoms with van der Waals surface area (Å²) < 4.78 is 11.7. The minimum atomic E-state index is 0.897. The minimum Gasteiger partial charge on any atom is -0.455 e. The Labute approximate surface area is 343 Å². The number of benzene rings is 9. The van der Waals surface area contributed by atoms with Crippen LogP contribution < -0.4 is 4.90 Å². The molecule has 9 aromatic carbocycles. The molecule has 272 valence electrons. The van der Waals surface area contributed by atoms with Gasteiger partial charge in [-0.3, -0.25) is 0 Å². The monoisotopic (exact) mass is 775 g/mol. The van der Waals surface area contributed by atoms with Gasteiger partial charge in [0.25, 0.3) is 0 Å². The van der Waals surface area contributed by atoms with Crippen molar-refractivity contribution in [2.75, 3.05) is 4.90 Å². The largest absolute Gasteiger partial charge is 0.455 e. The second kappa shape index (κ2) is 13.3. The number of hydrogen-bond acceptors (Lipinski definition) is 4. The molecule has 0 amide bonds. The van der Waals surface area contributed by atoms with Crippen molar-refractivity contribution in [3.8, 4) is 33.4 Å². The molecule has 0 N–H and O–H groups in total. The summed E-state index contributed by atoms with van der Waals surface area (Å²) in [4.78, 5) is 2.45. The fraction of sp³-hybridized carbons (Fsp3) is 0. The summed E-state index contributed by atoms with van der Waals surface area (Å²) in [5.74, 6) is 0. The van der Waals surface area contributed by atoms with Crippen LogP contribution in [0.5, 0.6) is 0 Å². The molecular weight excluding hydrogens is 743 g/mol. The summed E-state index contributed by atoms with van der Waals surface area (Å²) in [6, 6.07) is 72.6. The maximum absolute atomic E-state index is 6.51. The number of rotatable bonds is 6. The van der Waals surface area contributed by atoms with E-state index in [0.717, 1.165) is 55.6 Å². The molecule has 12 aromatic rings. The summed E-state index contributed by atoms with van der Waals surface area (Å²) in [5.41, 5.74) is 12.3. The van der Waals surface area contributed by atoms with Crippen LogP contribution in [-0.4, -0.2) is 0 Å². The molecule has 4 heteroatoms. The SMILES string of the molecule is c1ccc(-c2cccc3c2oc2ccc(-c4ccc(N(c5ccc6sc7c(-c8ccccc8)cccc7c6c5)c5cccc6sc7ccccc7c56)cc4)cc23)cc1. The summed E-state index contributed by atoms with van der Waals surface area (Å²) in [7, 11) is 0. The van der Waals surface area contributed by atoms with Gasteiger partial charge in [-0.25, -0.2) is 0 Å². The zero-order chi connectivity index (χ0) is 38.2. The smallest absolute Gasteiger partial charge is 0.143 e. The summed E-state index contributed by atoms with van der Waals surface area (Å²) >= 11 is 3.74. The average Bonchev–Trinajstić information content (AvgIpc) is 3.99. The van der Waals surface area contributed by atoms with Crippen molar-refractivity contribution in [2.45, 2.75) is 0 Å². The number of hydrogen-bond donors (Lipinski definition) is 0. The normalized spacial score (nSPS) is 11.8. The van der Waals surface area contributed by atoms with E-state index in [1.54, 1.807) is 0 Å². The quantitative estimate of drug-likeness (QED) is 0.167. The molecule has 0 atom stereocenters. The molecule has 2 nitrogen and oxygen atoms in total. The molecular formula is C54H33NOS2. The van der Waals surface area contributed by atoms with Crippen LogP contribution >= 0.6 is 22.7 Å². The van der Waals surface area contributed by atoms with Crippen LogP contribution in [0.2, 0.25) is 0 Å². The van der Waals surface area contributed by atoms with Gasteiger partial charge in [-0.2, -0.15) is 0 Å². The van der Waals surface area contributed by atoms with E-state index in [-0.39, 0.29) is 0 Å². The summed E-state index contributed by atoms with van der Waals surface area (Å²) in [5, 5.41) is 7.38. The highest BCUT2D eigenvalue weighted by Crippen LogP contribution is 2.48. The number of thiophene rings is 2. The second-order valence-electron chi connectivity index (χ2n) is 14.8. The maximum atomic E-state index is 6.51. The highest BCUT2D eigenvalue weighted by atomic mass is 32.1. The molecule has 12 rings (SSSR count). The first-order valence-electron chi connectivity index (χ1n) is 19.6.